The average Bonchev–Trinajstić information content (AvgIpc) is 2.56. The Labute approximate surface area is 129 Å². The minimum atomic E-state index is -0.697. The van der Waals surface area contributed by atoms with Gasteiger partial charge in [0.25, 0.3) is 5.91 Å². The first-order valence-electron chi connectivity index (χ1n) is 6.80. The number of hydrogen-bond donors (Lipinski definition) is 1. The van der Waals surface area contributed by atoms with Crippen LogP contribution in [0.3, 0.4) is 0 Å². The molecule has 0 aliphatic carbocycles. The molecule has 5 nitrogen and oxygen atoms in total. The number of nitrogens with one attached hydrogen (secondary N) is 1. The minimum Gasteiger partial charge on any atom is -0.497 e. The van der Waals surface area contributed by atoms with E-state index in [0.717, 1.165) is 5.56 Å². The second-order valence-electron chi connectivity index (χ2n) is 4.58. The second kappa shape index (κ2) is 7.47. The molecule has 5 heteroatoms. The van der Waals surface area contributed by atoms with Gasteiger partial charge in [-0.15, -0.1) is 0 Å². The summed E-state index contributed by atoms with van der Waals surface area (Å²) in [7, 11) is 4.61. The fraction of sp³-hybridized carbons (Fsp3) is 0.235. The van der Waals surface area contributed by atoms with Gasteiger partial charge in [-0.1, -0.05) is 30.3 Å². The molecule has 2 aromatic rings. The van der Waals surface area contributed by atoms with Gasteiger partial charge < -0.3 is 19.5 Å². The van der Waals surface area contributed by atoms with Crippen LogP contribution in [0.1, 0.15) is 11.7 Å². The number of rotatable bonds is 6. The van der Waals surface area contributed by atoms with Crippen LogP contribution in [-0.2, 0) is 9.53 Å². The maximum Gasteiger partial charge on any atom is 0.258 e. The van der Waals surface area contributed by atoms with Gasteiger partial charge in [-0.2, -0.15) is 0 Å². The molecule has 22 heavy (non-hydrogen) atoms. The Bertz CT molecular complexity index is 628. The SMILES string of the molecule is COc1ccc(OC)c(NC(=O)C(OC)c2ccccc2)c1. The summed E-state index contributed by atoms with van der Waals surface area (Å²) in [5.41, 5.74) is 1.31. The van der Waals surface area contributed by atoms with Crippen molar-refractivity contribution < 1.29 is 19.0 Å². The summed E-state index contributed by atoms with van der Waals surface area (Å²) in [5.74, 6) is 0.905. The largest absolute Gasteiger partial charge is 0.497 e. The van der Waals surface area contributed by atoms with Crippen LogP contribution >= 0.6 is 0 Å². The van der Waals surface area contributed by atoms with Crippen LogP contribution < -0.4 is 14.8 Å². The lowest BCUT2D eigenvalue weighted by atomic mass is 10.1. The predicted molar refractivity (Wildman–Crippen MR) is 84.4 cm³/mol. The van der Waals surface area contributed by atoms with Crippen LogP contribution in [-0.4, -0.2) is 27.2 Å². The Morgan fingerprint density at radius 2 is 1.73 bits per heavy atom. The molecule has 1 unspecified atom stereocenters. The highest BCUT2D eigenvalue weighted by Gasteiger charge is 2.21. The van der Waals surface area contributed by atoms with Crippen molar-refractivity contribution in [2.24, 2.45) is 0 Å². The molecule has 0 fully saturated rings. The van der Waals surface area contributed by atoms with E-state index in [4.69, 9.17) is 14.2 Å². The second-order valence-corrected chi connectivity index (χ2v) is 4.58. The van der Waals surface area contributed by atoms with E-state index in [9.17, 15) is 4.79 Å². The molecule has 0 aliphatic heterocycles. The maximum absolute atomic E-state index is 12.5. The zero-order valence-electron chi connectivity index (χ0n) is 12.8. The first-order chi connectivity index (χ1) is 10.7. The number of hydrogen-bond acceptors (Lipinski definition) is 4. The summed E-state index contributed by atoms with van der Waals surface area (Å²) >= 11 is 0. The highest BCUT2D eigenvalue weighted by Crippen LogP contribution is 2.30. The lowest BCUT2D eigenvalue weighted by Crippen LogP contribution is -2.22. The number of ether oxygens (including phenoxy) is 3. The molecule has 0 saturated carbocycles. The van der Waals surface area contributed by atoms with Gasteiger partial charge in [-0.3, -0.25) is 4.79 Å². The lowest BCUT2D eigenvalue weighted by Gasteiger charge is -2.17. The first kappa shape index (κ1) is 15.9. The number of benzene rings is 2. The number of carbonyl (C=O) groups is 1. The van der Waals surface area contributed by atoms with Crippen molar-refractivity contribution in [3.63, 3.8) is 0 Å². The number of carbonyl (C=O) groups excluding carboxylic acids is 1. The van der Waals surface area contributed by atoms with Gasteiger partial charge in [0.05, 0.1) is 19.9 Å². The van der Waals surface area contributed by atoms with Crippen LogP contribution in [0, 0.1) is 0 Å². The zero-order chi connectivity index (χ0) is 15.9. The van der Waals surface area contributed by atoms with Crippen molar-refractivity contribution in [1.82, 2.24) is 0 Å². The van der Waals surface area contributed by atoms with Crippen molar-refractivity contribution in [2.45, 2.75) is 6.10 Å². The topological polar surface area (TPSA) is 56.8 Å². The number of methoxy groups -OCH3 is 3. The molecule has 2 aromatic carbocycles. The molecular formula is C17H19NO4. The van der Waals surface area contributed by atoms with Crippen LogP contribution in [0.5, 0.6) is 11.5 Å². The smallest absolute Gasteiger partial charge is 0.258 e. The molecule has 116 valence electrons. The summed E-state index contributed by atoms with van der Waals surface area (Å²) in [5, 5.41) is 2.82. The Hall–Kier alpha value is -2.53. The summed E-state index contributed by atoms with van der Waals surface area (Å²) in [6.45, 7) is 0. The van der Waals surface area contributed by atoms with Crippen molar-refractivity contribution in [1.29, 1.82) is 0 Å². The van der Waals surface area contributed by atoms with E-state index in [-0.39, 0.29) is 5.91 Å². The minimum absolute atomic E-state index is 0.278. The summed E-state index contributed by atoms with van der Waals surface area (Å²) < 4.78 is 15.7. The predicted octanol–water partition coefficient (Wildman–Crippen LogP) is 3.03. The summed E-state index contributed by atoms with van der Waals surface area (Å²) in [6, 6.07) is 14.5. The molecule has 1 atom stereocenters. The van der Waals surface area contributed by atoms with Crippen LogP contribution in [0.15, 0.2) is 48.5 Å². The number of amides is 1. The fourth-order valence-electron chi connectivity index (χ4n) is 2.13. The molecule has 0 radical (unpaired) electrons. The third-order valence-electron chi connectivity index (χ3n) is 3.24. The van der Waals surface area contributed by atoms with Gasteiger partial charge in [0.15, 0.2) is 6.10 Å². The van der Waals surface area contributed by atoms with E-state index < -0.39 is 6.10 Å². The van der Waals surface area contributed by atoms with E-state index >= 15 is 0 Å². The Morgan fingerprint density at radius 1 is 1.00 bits per heavy atom. The Kier molecular flexibility index (Phi) is 5.38. The normalized spacial score (nSPS) is 11.6. The van der Waals surface area contributed by atoms with Crippen LogP contribution in [0.2, 0.25) is 0 Å². The van der Waals surface area contributed by atoms with Crippen molar-refractivity contribution in [3.05, 3.63) is 54.1 Å². The molecule has 2 rings (SSSR count). The van der Waals surface area contributed by atoms with E-state index in [1.54, 1.807) is 32.4 Å². The van der Waals surface area contributed by atoms with Gasteiger partial charge in [0, 0.05) is 13.2 Å². The van der Waals surface area contributed by atoms with E-state index in [1.807, 2.05) is 30.3 Å². The fourth-order valence-corrected chi connectivity index (χ4v) is 2.13. The third kappa shape index (κ3) is 3.56. The Balaban J connectivity index is 2.23. The lowest BCUT2D eigenvalue weighted by molar-refractivity contribution is -0.126. The van der Waals surface area contributed by atoms with Crippen molar-refractivity contribution in [3.8, 4) is 11.5 Å². The van der Waals surface area contributed by atoms with Crippen molar-refractivity contribution >= 4 is 11.6 Å². The molecule has 0 aliphatic rings. The maximum atomic E-state index is 12.5. The molecule has 0 saturated heterocycles. The quantitative estimate of drug-likeness (QED) is 0.891. The van der Waals surface area contributed by atoms with Gasteiger partial charge in [0.1, 0.15) is 11.5 Å². The van der Waals surface area contributed by atoms with Crippen LogP contribution in [0.25, 0.3) is 0 Å². The molecule has 0 spiro atoms. The molecular weight excluding hydrogens is 282 g/mol. The first-order valence-corrected chi connectivity index (χ1v) is 6.80. The molecule has 0 bridgehead atoms. The van der Waals surface area contributed by atoms with Gasteiger partial charge >= 0.3 is 0 Å². The molecule has 1 N–H and O–H groups in total. The van der Waals surface area contributed by atoms with Crippen molar-refractivity contribution in [2.75, 3.05) is 26.6 Å². The summed E-state index contributed by atoms with van der Waals surface area (Å²) in [6.07, 6.45) is -0.697. The monoisotopic (exact) mass is 301 g/mol. The van der Waals surface area contributed by atoms with Gasteiger partial charge in [-0.05, 0) is 17.7 Å². The van der Waals surface area contributed by atoms with E-state index in [2.05, 4.69) is 5.32 Å². The average molecular weight is 301 g/mol. The third-order valence-corrected chi connectivity index (χ3v) is 3.24. The summed E-state index contributed by atoms with van der Waals surface area (Å²) in [4.78, 5) is 12.5. The van der Waals surface area contributed by atoms with E-state index in [1.165, 1.54) is 7.11 Å². The Morgan fingerprint density at radius 3 is 2.32 bits per heavy atom. The van der Waals surface area contributed by atoms with Gasteiger partial charge in [-0.25, -0.2) is 0 Å². The molecule has 0 heterocycles. The van der Waals surface area contributed by atoms with Crippen LogP contribution in [0.4, 0.5) is 5.69 Å². The number of anilines is 1. The highest BCUT2D eigenvalue weighted by molar-refractivity contribution is 5.96. The standard InChI is InChI=1S/C17H19NO4/c1-20-13-9-10-15(21-2)14(11-13)18-17(19)16(22-3)12-7-5-4-6-8-12/h4-11,16H,1-3H3,(H,18,19). The van der Waals surface area contributed by atoms with E-state index in [0.29, 0.717) is 17.2 Å². The highest BCUT2D eigenvalue weighted by atomic mass is 16.5. The molecule has 1 amide bonds. The van der Waals surface area contributed by atoms with Gasteiger partial charge in [0.2, 0.25) is 0 Å². The zero-order valence-corrected chi connectivity index (χ0v) is 12.8. The molecule has 0 aromatic heterocycles.